The maximum atomic E-state index is 14.1. The van der Waals surface area contributed by atoms with Gasteiger partial charge in [-0.15, -0.1) is 10.2 Å². The first kappa shape index (κ1) is 17.0. The molecule has 0 spiro atoms. The number of benzene rings is 2. The minimum absolute atomic E-state index is 0.268. The fraction of sp³-hybridized carbons (Fsp3) is 0.0556. The Morgan fingerprint density at radius 1 is 1.07 bits per heavy atom. The lowest BCUT2D eigenvalue weighted by Crippen LogP contribution is -2.04. The van der Waals surface area contributed by atoms with Crippen molar-refractivity contribution in [1.29, 1.82) is 0 Å². The third-order valence-electron chi connectivity index (χ3n) is 3.88. The van der Waals surface area contributed by atoms with Gasteiger partial charge in [0, 0.05) is 22.7 Å². The van der Waals surface area contributed by atoms with Crippen LogP contribution in [0, 0.1) is 5.82 Å². The van der Waals surface area contributed by atoms with E-state index in [9.17, 15) is 4.39 Å². The molecule has 2 aromatic carbocycles. The SMILES string of the molecule is Fc1cnc(Nc2ccc(-c3nn[nH]n3)cc2)nc1Cc1ccccc1Cl. The summed E-state index contributed by atoms with van der Waals surface area (Å²) in [7, 11) is 0. The number of tetrazole rings is 1. The van der Waals surface area contributed by atoms with Crippen molar-refractivity contribution in [2.75, 3.05) is 5.32 Å². The van der Waals surface area contributed by atoms with Gasteiger partial charge in [0.2, 0.25) is 11.8 Å². The lowest BCUT2D eigenvalue weighted by molar-refractivity contribution is 0.597. The molecule has 0 atom stereocenters. The number of hydrogen-bond acceptors (Lipinski definition) is 6. The van der Waals surface area contributed by atoms with Crippen LogP contribution in [0.15, 0.2) is 54.7 Å². The summed E-state index contributed by atoms with van der Waals surface area (Å²) in [4.78, 5) is 8.28. The average molecular weight is 382 g/mol. The third kappa shape index (κ3) is 3.90. The highest BCUT2D eigenvalue weighted by Gasteiger charge is 2.10. The third-order valence-corrected chi connectivity index (χ3v) is 4.25. The molecule has 2 aromatic heterocycles. The van der Waals surface area contributed by atoms with Gasteiger partial charge in [0.1, 0.15) is 0 Å². The summed E-state index contributed by atoms with van der Waals surface area (Å²) in [5.74, 6) is 0.320. The second-order valence-corrected chi connectivity index (χ2v) is 6.10. The van der Waals surface area contributed by atoms with Gasteiger partial charge in [-0.25, -0.2) is 14.4 Å². The van der Waals surface area contributed by atoms with Crippen molar-refractivity contribution in [3.05, 3.63) is 76.8 Å². The molecule has 0 saturated carbocycles. The Kier molecular flexibility index (Phi) is 4.71. The first-order chi connectivity index (χ1) is 13.2. The standard InChI is InChI=1S/C18H13ClFN7/c19-14-4-2-1-3-12(14)9-16-15(20)10-21-18(23-16)22-13-7-5-11(6-8-13)17-24-26-27-25-17/h1-8,10H,9H2,(H,21,22,23)(H,24,25,26,27). The molecule has 0 aliphatic carbocycles. The van der Waals surface area contributed by atoms with Gasteiger partial charge in [0.15, 0.2) is 5.82 Å². The molecule has 134 valence electrons. The number of aromatic amines is 1. The molecular weight excluding hydrogens is 369 g/mol. The van der Waals surface area contributed by atoms with Crippen LogP contribution in [0.4, 0.5) is 16.0 Å². The molecule has 27 heavy (non-hydrogen) atoms. The van der Waals surface area contributed by atoms with Gasteiger partial charge in [-0.05, 0) is 41.1 Å². The van der Waals surface area contributed by atoms with E-state index >= 15 is 0 Å². The number of H-pyrrole nitrogens is 1. The van der Waals surface area contributed by atoms with Crippen LogP contribution in [-0.4, -0.2) is 30.6 Å². The van der Waals surface area contributed by atoms with Crippen molar-refractivity contribution < 1.29 is 4.39 Å². The summed E-state index contributed by atoms with van der Waals surface area (Å²) in [6.07, 6.45) is 1.43. The lowest BCUT2D eigenvalue weighted by atomic mass is 10.1. The molecule has 4 aromatic rings. The Bertz CT molecular complexity index is 1050. The van der Waals surface area contributed by atoms with E-state index in [1.807, 2.05) is 42.5 Å². The van der Waals surface area contributed by atoms with Crippen molar-refractivity contribution in [3.63, 3.8) is 0 Å². The van der Waals surface area contributed by atoms with Gasteiger partial charge in [-0.1, -0.05) is 29.8 Å². The minimum Gasteiger partial charge on any atom is -0.324 e. The normalized spacial score (nSPS) is 10.7. The number of nitrogens with one attached hydrogen (secondary N) is 2. The average Bonchev–Trinajstić information content (AvgIpc) is 3.22. The molecule has 7 nitrogen and oxygen atoms in total. The Balaban J connectivity index is 1.53. The number of anilines is 2. The summed E-state index contributed by atoms with van der Waals surface area (Å²) < 4.78 is 14.1. The molecule has 2 N–H and O–H groups in total. The lowest BCUT2D eigenvalue weighted by Gasteiger charge is -2.09. The zero-order valence-electron chi connectivity index (χ0n) is 13.9. The fourth-order valence-electron chi connectivity index (χ4n) is 2.52. The van der Waals surface area contributed by atoms with Gasteiger partial charge < -0.3 is 5.32 Å². The minimum atomic E-state index is -0.479. The van der Waals surface area contributed by atoms with E-state index < -0.39 is 5.82 Å². The van der Waals surface area contributed by atoms with Crippen molar-refractivity contribution in [2.45, 2.75) is 6.42 Å². The van der Waals surface area contributed by atoms with Crippen LogP contribution < -0.4 is 5.32 Å². The van der Waals surface area contributed by atoms with Gasteiger partial charge in [0.05, 0.1) is 11.9 Å². The van der Waals surface area contributed by atoms with Crippen LogP contribution in [0.3, 0.4) is 0 Å². The Hall–Kier alpha value is -3.39. The fourth-order valence-corrected chi connectivity index (χ4v) is 2.73. The van der Waals surface area contributed by atoms with Gasteiger partial charge in [0.25, 0.3) is 0 Å². The van der Waals surface area contributed by atoms with Crippen molar-refractivity contribution >= 4 is 23.2 Å². The second kappa shape index (κ2) is 7.46. The molecule has 4 rings (SSSR count). The van der Waals surface area contributed by atoms with Crippen LogP contribution in [0.25, 0.3) is 11.4 Å². The zero-order chi connectivity index (χ0) is 18.6. The monoisotopic (exact) mass is 381 g/mol. The van der Waals surface area contributed by atoms with Gasteiger partial charge >= 0.3 is 0 Å². The van der Waals surface area contributed by atoms with Crippen LogP contribution in [0.5, 0.6) is 0 Å². The molecule has 0 amide bonds. The largest absolute Gasteiger partial charge is 0.324 e. The van der Waals surface area contributed by atoms with Crippen molar-refractivity contribution in [3.8, 4) is 11.4 Å². The van der Waals surface area contributed by atoms with Crippen molar-refractivity contribution in [2.24, 2.45) is 0 Å². The summed E-state index contributed by atoms with van der Waals surface area (Å²) >= 11 is 6.15. The molecule has 0 bridgehead atoms. The maximum absolute atomic E-state index is 14.1. The van der Waals surface area contributed by atoms with E-state index in [-0.39, 0.29) is 12.1 Å². The molecule has 0 unspecified atom stereocenters. The quantitative estimate of drug-likeness (QED) is 0.546. The zero-order valence-corrected chi connectivity index (χ0v) is 14.7. The van der Waals surface area contributed by atoms with Crippen LogP contribution >= 0.6 is 11.6 Å². The summed E-state index contributed by atoms with van der Waals surface area (Å²) in [5, 5.41) is 17.4. The highest BCUT2D eigenvalue weighted by atomic mass is 35.5. The second-order valence-electron chi connectivity index (χ2n) is 5.69. The van der Waals surface area contributed by atoms with Gasteiger partial charge in [-0.3, -0.25) is 0 Å². The van der Waals surface area contributed by atoms with E-state index in [1.165, 1.54) is 0 Å². The van der Waals surface area contributed by atoms with E-state index in [2.05, 4.69) is 35.9 Å². The molecule has 0 aliphatic rings. The number of aromatic nitrogens is 6. The van der Waals surface area contributed by atoms with Crippen LogP contribution in [0.2, 0.25) is 5.02 Å². The van der Waals surface area contributed by atoms with E-state index in [4.69, 9.17) is 11.6 Å². The first-order valence-electron chi connectivity index (χ1n) is 8.05. The molecule has 2 heterocycles. The topological polar surface area (TPSA) is 92.3 Å². The Labute approximate surface area is 158 Å². The van der Waals surface area contributed by atoms with E-state index in [0.29, 0.717) is 16.8 Å². The first-order valence-corrected chi connectivity index (χ1v) is 8.42. The predicted molar refractivity (Wildman–Crippen MR) is 99.1 cm³/mol. The van der Waals surface area contributed by atoms with E-state index in [1.54, 1.807) is 6.07 Å². The number of hydrogen-bond donors (Lipinski definition) is 2. The van der Waals surface area contributed by atoms with Crippen LogP contribution in [0.1, 0.15) is 11.3 Å². The number of nitrogens with zero attached hydrogens (tertiary/aromatic N) is 5. The summed E-state index contributed by atoms with van der Waals surface area (Å²) in [6.45, 7) is 0. The van der Waals surface area contributed by atoms with Crippen molar-refractivity contribution in [1.82, 2.24) is 30.6 Å². The predicted octanol–water partition coefficient (Wildman–Crippen LogP) is 3.78. The summed E-state index contributed by atoms with van der Waals surface area (Å²) in [5.41, 5.74) is 2.63. The Morgan fingerprint density at radius 2 is 1.89 bits per heavy atom. The highest BCUT2D eigenvalue weighted by molar-refractivity contribution is 6.31. The molecule has 0 aliphatic heterocycles. The van der Waals surface area contributed by atoms with Gasteiger partial charge in [-0.2, -0.15) is 5.21 Å². The molecule has 9 heteroatoms. The molecular formula is C18H13ClFN7. The molecule has 0 fully saturated rings. The number of halogens is 2. The number of rotatable bonds is 5. The van der Waals surface area contributed by atoms with Crippen LogP contribution in [-0.2, 0) is 6.42 Å². The summed E-state index contributed by atoms with van der Waals surface area (Å²) in [6, 6.07) is 14.6. The Morgan fingerprint density at radius 3 is 2.63 bits per heavy atom. The van der Waals surface area contributed by atoms with E-state index in [0.717, 1.165) is 23.0 Å². The molecule has 0 radical (unpaired) electrons. The smallest absolute Gasteiger partial charge is 0.227 e. The maximum Gasteiger partial charge on any atom is 0.227 e. The molecule has 0 saturated heterocycles. The highest BCUT2D eigenvalue weighted by Crippen LogP contribution is 2.22.